The average Bonchev–Trinajstić information content (AvgIpc) is 2.84. The van der Waals surface area contributed by atoms with Crippen LogP contribution in [0.2, 0.25) is 0 Å². The van der Waals surface area contributed by atoms with Crippen LogP contribution in [0.3, 0.4) is 0 Å². The zero-order valence-electron chi connectivity index (χ0n) is 14.5. The second-order valence-electron chi connectivity index (χ2n) is 8.84. The lowest BCUT2D eigenvalue weighted by Crippen LogP contribution is -2.46. The van der Waals surface area contributed by atoms with E-state index in [2.05, 4.69) is 26.0 Å². The molecule has 0 aromatic carbocycles. The van der Waals surface area contributed by atoms with Gasteiger partial charge in [-0.2, -0.15) is 0 Å². The van der Waals surface area contributed by atoms with E-state index in [1.807, 2.05) is 0 Å². The number of carbonyl (C=O) groups is 1. The highest BCUT2D eigenvalue weighted by molar-refractivity contribution is 5.95. The number of hydrogen-bond donors (Lipinski definition) is 0. The summed E-state index contributed by atoms with van der Waals surface area (Å²) >= 11 is 0. The highest BCUT2D eigenvalue weighted by Gasteiger charge is 2.54. The smallest absolute Gasteiger partial charge is 0.156 e. The Labute approximate surface area is 135 Å². The number of rotatable bonds is 1. The number of fused-ring (bicyclic) bond motifs is 5. The van der Waals surface area contributed by atoms with E-state index in [-0.39, 0.29) is 5.41 Å². The molecule has 0 aliphatic heterocycles. The van der Waals surface area contributed by atoms with Crippen LogP contribution < -0.4 is 0 Å². The zero-order valence-corrected chi connectivity index (χ0v) is 14.5. The molecule has 5 unspecified atom stereocenters. The van der Waals surface area contributed by atoms with Gasteiger partial charge < -0.3 is 0 Å². The molecule has 0 bridgehead atoms. The topological polar surface area (TPSA) is 17.1 Å². The van der Waals surface area contributed by atoms with Crippen LogP contribution in [0.1, 0.15) is 72.1 Å². The summed E-state index contributed by atoms with van der Waals surface area (Å²) in [5, 5.41) is 0. The minimum Gasteiger partial charge on any atom is -0.295 e. The lowest BCUT2D eigenvalue weighted by molar-refractivity contribution is -0.115. The molecule has 120 valence electrons. The van der Waals surface area contributed by atoms with Crippen molar-refractivity contribution in [3.8, 4) is 0 Å². The number of Topliss-reactive ketones (excluding diaryl/α,β-unsaturated/α-hetero) is 1. The molecule has 2 saturated carbocycles. The molecule has 4 aliphatic rings. The summed E-state index contributed by atoms with van der Waals surface area (Å²) in [6.45, 7) is 6.68. The fraction of sp³-hybridized carbons (Fsp3) is 0.762. The molecule has 5 atom stereocenters. The van der Waals surface area contributed by atoms with Crippen LogP contribution >= 0.6 is 0 Å². The van der Waals surface area contributed by atoms with Gasteiger partial charge in [-0.1, -0.05) is 44.4 Å². The Morgan fingerprint density at radius 2 is 1.91 bits per heavy atom. The lowest BCUT2D eigenvalue weighted by atomic mass is 9.49. The van der Waals surface area contributed by atoms with Gasteiger partial charge in [0.15, 0.2) is 5.78 Å². The molecule has 1 nitrogen and oxygen atoms in total. The van der Waals surface area contributed by atoms with Crippen LogP contribution in [0.25, 0.3) is 0 Å². The molecular weight excluding hydrogens is 268 g/mol. The first-order valence-electron chi connectivity index (χ1n) is 9.39. The fourth-order valence-electron chi connectivity index (χ4n) is 6.69. The van der Waals surface area contributed by atoms with Crippen molar-refractivity contribution in [1.29, 1.82) is 0 Å². The van der Waals surface area contributed by atoms with E-state index >= 15 is 0 Å². The number of ketones is 1. The normalized spacial score (nSPS) is 47.0. The fourth-order valence-corrected chi connectivity index (χ4v) is 6.69. The third-order valence-electron chi connectivity index (χ3n) is 7.91. The standard InChI is InChI=1S/C21H30O/c1-14(22)17-9-10-18-16-8-7-15-6-4-5-12-20(15,2)19(16)11-13-21(17,18)3/h9,11,15-16,18H,4-8,10,12-13H2,1-3H3. The van der Waals surface area contributed by atoms with Crippen LogP contribution in [-0.4, -0.2) is 5.78 Å². The van der Waals surface area contributed by atoms with Gasteiger partial charge in [0.2, 0.25) is 0 Å². The van der Waals surface area contributed by atoms with Gasteiger partial charge >= 0.3 is 0 Å². The molecule has 0 radical (unpaired) electrons. The average molecular weight is 298 g/mol. The number of carbonyl (C=O) groups excluding carboxylic acids is 1. The number of allylic oxidation sites excluding steroid dienone is 4. The van der Waals surface area contributed by atoms with Crippen LogP contribution in [0, 0.1) is 28.6 Å². The maximum Gasteiger partial charge on any atom is 0.156 e. The molecule has 22 heavy (non-hydrogen) atoms. The Morgan fingerprint density at radius 1 is 1.09 bits per heavy atom. The van der Waals surface area contributed by atoms with Crippen molar-refractivity contribution >= 4 is 5.78 Å². The molecule has 0 spiro atoms. The maximum atomic E-state index is 12.1. The summed E-state index contributed by atoms with van der Waals surface area (Å²) in [6.07, 6.45) is 15.6. The Balaban J connectivity index is 1.72. The first-order valence-corrected chi connectivity index (χ1v) is 9.39. The van der Waals surface area contributed by atoms with Crippen LogP contribution in [-0.2, 0) is 4.79 Å². The minimum atomic E-state index is 0.123. The van der Waals surface area contributed by atoms with Crippen LogP contribution in [0.15, 0.2) is 23.3 Å². The third-order valence-corrected chi connectivity index (χ3v) is 7.91. The molecule has 0 amide bonds. The summed E-state index contributed by atoms with van der Waals surface area (Å²) in [4.78, 5) is 12.1. The molecular formula is C21H30O. The molecule has 4 aliphatic carbocycles. The largest absolute Gasteiger partial charge is 0.295 e. The molecule has 0 heterocycles. The second-order valence-corrected chi connectivity index (χ2v) is 8.84. The van der Waals surface area contributed by atoms with Crippen molar-refractivity contribution in [3.63, 3.8) is 0 Å². The van der Waals surface area contributed by atoms with Crippen molar-refractivity contribution in [1.82, 2.24) is 0 Å². The summed E-state index contributed by atoms with van der Waals surface area (Å²) in [7, 11) is 0. The van der Waals surface area contributed by atoms with Crippen molar-refractivity contribution in [3.05, 3.63) is 23.3 Å². The van der Waals surface area contributed by atoms with Gasteiger partial charge in [-0.3, -0.25) is 4.79 Å². The van der Waals surface area contributed by atoms with Gasteiger partial charge in [0.25, 0.3) is 0 Å². The molecule has 1 heteroatoms. The molecule has 0 aromatic heterocycles. The Morgan fingerprint density at radius 3 is 2.68 bits per heavy atom. The summed E-state index contributed by atoms with van der Waals surface area (Å²) in [6, 6.07) is 0. The van der Waals surface area contributed by atoms with E-state index in [9.17, 15) is 4.79 Å². The van der Waals surface area contributed by atoms with E-state index in [1.54, 1.807) is 12.5 Å². The van der Waals surface area contributed by atoms with Gasteiger partial charge in [-0.15, -0.1) is 0 Å². The van der Waals surface area contributed by atoms with E-state index in [4.69, 9.17) is 0 Å². The predicted molar refractivity (Wildman–Crippen MR) is 90.5 cm³/mol. The SMILES string of the molecule is CC(=O)C1=CCC2C3CCC4CCCCC4(C)C3=CCC12C. The summed E-state index contributed by atoms with van der Waals surface area (Å²) in [5.41, 5.74) is 3.52. The molecule has 0 N–H and O–H groups in total. The molecule has 4 rings (SSSR count). The van der Waals surface area contributed by atoms with Gasteiger partial charge in [0.05, 0.1) is 0 Å². The highest BCUT2D eigenvalue weighted by Crippen LogP contribution is 2.64. The van der Waals surface area contributed by atoms with Crippen molar-refractivity contribution in [2.75, 3.05) is 0 Å². The first kappa shape index (κ1) is 14.7. The zero-order chi connectivity index (χ0) is 15.5. The first-order chi connectivity index (χ1) is 10.5. The van der Waals surface area contributed by atoms with Gasteiger partial charge in [-0.25, -0.2) is 0 Å². The minimum absolute atomic E-state index is 0.123. The predicted octanol–water partition coefficient (Wildman–Crippen LogP) is 5.46. The Hall–Kier alpha value is -0.850. The Kier molecular flexibility index (Phi) is 3.23. The van der Waals surface area contributed by atoms with Crippen molar-refractivity contribution in [2.45, 2.75) is 72.1 Å². The van der Waals surface area contributed by atoms with Gasteiger partial charge in [-0.05, 0) is 74.2 Å². The summed E-state index contributed by atoms with van der Waals surface area (Å²) < 4.78 is 0. The summed E-state index contributed by atoms with van der Waals surface area (Å²) in [5.74, 6) is 2.66. The second kappa shape index (κ2) is 4.82. The quantitative estimate of drug-likeness (QED) is 0.587. The van der Waals surface area contributed by atoms with E-state index < -0.39 is 0 Å². The molecule has 0 saturated heterocycles. The van der Waals surface area contributed by atoms with Gasteiger partial charge in [0, 0.05) is 5.41 Å². The third kappa shape index (κ3) is 1.80. The maximum absolute atomic E-state index is 12.1. The van der Waals surface area contributed by atoms with E-state index in [0.717, 1.165) is 30.3 Å². The van der Waals surface area contributed by atoms with Crippen molar-refractivity contribution < 1.29 is 4.79 Å². The van der Waals surface area contributed by atoms with E-state index in [1.165, 1.54) is 38.5 Å². The van der Waals surface area contributed by atoms with E-state index in [0.29, 0.717) is 17.1 Å². The van der Waals surface area contributed by atoms with Crippen LogP contribution in [0.4, 0.5) is 0 Å². The number of hydrogen-bond acceptors (Lipinski definition) is 1. The monoisotopic (exact) mass is 298 g/mol. The van der Waals surface area contributed by atoms with Crippen molar-refractivity contribution in [2.24, 2.45) is 28.6 Å². The van der Waals surface area contributed by atoms with Crippen LogP contribution in [0.5, 0.6) is 0 Å². The molecule has 2 fully saturated rings. The highest BCUT2D eigenvalue weighted by atomic mass is 16.1. The lowest BCUT2D eigenvalue weighted by Gasteiger charge is -2.56. The van der Waals surface area contributed by atoms with Gasteiger partial charge in [0.1, 0.15) is 0 Å². The molecule has 0 aromatic rings. The Bertz CT molecular complexity index is 568.